The van der Waals surface area contributed by atoms with Crippen LogP contribution in [0.1, 0.15) is 17.0 Å². The number of carboxylic acid groups (broad SMARTS) is 1. The number of carbonyl (C=O) groups is 1. The lowest BCUT2D eigenvalue weighted by atomic mass is 10.1. The number of carboxylic acids is 1. The summed E-state index contributed by atoms with van der Waals surface area (Å²) in [4.78, 5) is 10.5. The van der Waals surface area contributed by atoms with Gasteiger partial charge in [0.25, 0.3) is 0 Å². The summed E-state index contributed by atoms with van der Waals surface area (Å²) < 4.78 is 1.52. The second-order valence-electron chi connectivity index (χ2n) is 3.91. The molecule has 0 aliphatic heterocycles. The van der Waals surface area contributed by atoms with E-state index >= 15 is 0 Å². The van der Waals surface area contributed by atoms with Crippen molar-refractivity contribution in [2.75, 3.05) is 0 Å². The lowest BCUT2D eigenvalue weighted by Gasteiger charge is -2.06. The Bertz CT molecular complexity index is 616. The van der Waals surface area contributed by atoms with Crippen LogP contribution >= 0.6 is 0 Å². The van der Waals surface area contributed by atoms with Crippen molar-refractivity contribution < 1.29 is 9.90 Å². The number of nitrogens with zero attached hydrogens (tertiary/aromatic N) is 4. The van der Waals surface area contributed by atoms with E-state index in [-0.39, 0.29) is 0 Å². The molecule has 0 radical (unpaired) electrons. The number of aryl methyl sites for hydroxylation is 2. The average Bonchev–Trinajstić information content (AvgIpc) is 2.77. The van der Waals surface area contributed by atoms with E-state index in [1.165, 1.54) is 10.8 Å². The molecule has 0 aliphatic rings. The molecule has 0 saturated carbocycles. The van der Waals surface area contributed by atoms with Crippen LogP contribution in [-0.4, -0.2) is 31.3 Å². The van der Waals surface area contributed by atoms with Gasteiger partial charge in [0, 0.05) is 6.08 Å². The molecule has 0 saturated heterocycles. The van der Waals surface area contributed by atoms with Crippen LogP contribution in [0.4, 0.5) is 0 Å². The summed E-state index contributed by atoms with van der Waals surface area (Å²) in [5.41, 5.74) is 2.93. The molecule has 1 aromatic heterocycles. The van der Waals surface area contributed by atoms with Gasteiger partial charge in [-0.05, 0) is 47.5 Å². The summed E-state index contributed by atoms with van der Waals surface area (Å²) in [5, 5.41) is 19.8. The number of tetrazole rings is 1. The smallest absolute Gasteiger partial charge is 0.328 e. The Labute approximate surface area is 104 Å². The third kappa shape index (κ3) is 2.42. The summed E-state index contributed by atoms with van der Waals surface area (Å²) in [7, 11) is 0. The molecular weight excluding hydrogens is 232 g/mol. The Morgan fingerprint density at radius 3 is 2.89 bits per heavy atom. The largest absolute Gasteiger partial charge is 0.478 e. The number of benzene rings is 1. The number of aromatic nitrogens is 4. The predicted molar refractivity (Wildman–Crippen MR) is 65.3 cm³/mol. The lowest BCUT2D eigenvalue weighted by molar-refractivity contribution is -0.131. The third-order valence-corrected chi connectivity index (χ3v) is 2.46. The highest BCUT2D eigenvalue weighted by molar-refractivity contribution is 5.84. The van der Waals surface area contributed by atoms with Crippen molar-refractivity contribution in [3.05, 3.63) is 41.2 Å². The van der Waals surface area contributed by atoms with Gasteiger partial charge >= 0.3 is 5.97 Å². The predicted octanol–water partition coefficient (Wildman–Crippen LogP) is 1.38. The molecule has 6 heteroatoms. The van der Waals surface area contributed by atoms with E-state index in [0.717, 1.165) is 22.9 Å². The van der Waals surface area contributed by atoms with Crippen molar-refractivity contribution in [3.63, 3.8) is 0 Å². The second-order valence-corrected chi connectivity index (χ2v) is 3.91. The molecule has 92 valence electrons. The Hall–Kier alpha value is -2.50. The molecule has 0 aliphatic carbocycles. The quantitative estimate of drug-likeness (QED) is 0.825. The first-order chi connectivity index (χ1) is 8.58. The van der Waals surface area contributed by atoms with Crippen LogP contribution in [-0.2, 0) is 4.79 Å². The van der Waals surface area contributed by atoms with Gasteiger partial charge in [-0.25, -0.2) is 4.79 Å². The molecule has 0 unspecified atom stereocenters. The monoisotopic (exact) mass is 244 g/mol. The third-order valence-electron chi connectivity index (χ3n) is 2.46. The molecule has 18 heavy (non-hydrogen) atoms. The summed E-state index contributed by atoms with van der Waals surface area (Å²) >= 11 is 0. The maximum atomic E-state index is 10.5. The van der Waals surface area contributed by atoms with Crippen LogP contribution in [0.2, 0.25) is 0 Å². The number of hydrogen-bond acceptors (Lipinski definition) is 4. The molecule has 1 aromatic carbocycles. The van der Waals surface area contributed by atoms with E-state index < -0.39 is 5.97 Å². The van der Waals surface area contributed by atoms with E-state index in [4.69, 9.17) is 5.11 Å². The fourth-order valence-electron chi connectivity index (χ4n) is 1.56. The molecule has 6 nitrogen and oxygen atoms in total. The fourth-order valence-corrected chi connectivity index (χ4v) is 1.56. The summed E-state index contributed by atoms with van der Waals surface area (Å²) in [5.74, 6) is -0.656. The van der Waals surface area contributed by atoms with Gasteiger partial charge in [0.05, 0.1) is 5.69 Å². The van der Waals surface area contributed by atoms with Gasteiger partial charge in [0.1, 0.15) is 0 Å². The number of aliphatic carboxylic acids is 1. The van der Waals surface area contributed by atoms with Crippen LogP contribution in [0.5, 0.6) is 0 Å². The summed E-state index contributed by atoms with van der Waals surface area (Å²) in [6.45, 7) is 3.92. The van der Waals surface area contributed by atoms with Crippen molar-refractivity contribution in [1.29, 1.82) is 0 Å². The maximum Gasteiger partial charge on any atom is 0.328 e. The van der Waals surface area contributed by atoms with Gasteiger partial charge in [0.2, 0.25) is 0 Å². The van der Waals surface area contributed by atoms with Crippen LogP contribution < -0.4 is 0 Å². The van der Waals surface area contributed by atoms with Crippen LogP contribution in [0.15, 0.2) is 24.3 Å². The minimum Gasteiger partial charge on any atom is -0.478 e. The SMILES string of the molecule is Cc1ccc(C)c(-n2nnnc2/C=C/C(=O)O)c1. The molecule has 1 N–H and O–H groups in total. The molecule has 2 rings (SSSR count). The zero-order valence-electron chi connectivity index (χ0n) is 10.0. The van der Waals surface area contributed by atoms with Crippen molar-refractivity contribution in [2.24, 2.45) is 0 Å². The molecule has 2 aromatic rings. The van der Waals surface area contributed by atoms with E-state index in [1.54, 1.807) is 0 Å². The van der Waals surface area contributed by atoms with Gasteiger partial charge in [-0.3, -0.25) is 0 Å². The van der Waals surface area contributed by atoms with Gasteiger partial charge in [-0.15, -0.1) is 5.10 Å². The van der Waals surface area contributed by atoms with Gasteiger partial charge < -0.3 is 5.11 Å². The molecule has 0 bridgehead atoms. The highest BCUT2D eigenvalue weighted by Crippen LogP contribution is 2.16. The van der Waals surface area contributed by atoms with Crippen molar-refractivity contribution in [3.8, 4) is 5.69 Å². The van der Waals surface area contributed by atoms with Crippen LogP contribution in [0, 0.1) is 13.8 Å². The molecule has 0 spiro atoms. The highest BCUT2D eigenvalue weighted by Gasteiger charge is 2.08. The molecule has 0 amide bonds. The van der Waals surface area contributed by atoms with E-state index in [2.05, 4.69) is 15.5 Å². The Morgan fingerprint density at radius 2 is 2.17 bits per heavy atom. The lowest BCUT2D eigenvalue weighted by Crippen LogP contribution is -2.02. The standard InChI is InChI=1S/C12H12N4O2/c1-8-3-4-9(2)10(7-8)16-11(13-14-15-16)5-6-12(17)18/h3-7H,1-2H3,(H,17,18)/b6-5+. The summed E-state index contributed by atoms with van der Waals surface area (Å²) in [6, 6.07) is 5.91. The molecule has 0 atom stereocenters. The second kappa shape index (κ2) is 4.79. The molecule has 0 fully saturated rings. The zero-order chi connectivity index (χ0) is 13.1. The van der Waals surface area contributed by atoms with E-state index in [9.17, 15) is 4.79 Å². The Morgan fingerprint density at radius 1 is 1.39 bits per heavy atom. The number of hydrogen-bond donors (Lipinski definition) is 1. The topological polar surface area (TPSA) is 80.9 Å². The van der Waals surface area contributed by atoms with Crippen LogP contribution in [0.3, 0.4) is 0 Å². The van der Waals surface area contributed by atoms with Gasteiger partial charge in [0.15, 0.2) is 5.82 Å². The van der Waals surface area contributed by atoms with Gasteiger partial charge in [-0.1, -0.05) is 12.1 Å². The first-order valence-electron chi connectivity index (χ1n) is 5.35. The minimum absolute atomic E-state index is 0.381. The van der Waals surface area contributed by atoms with Crippen molar-refractivity contribution >= 4 is 12.0 Å². The van der Waals surface area contributed by atoms with E-state index in [1.807, 2.05) is 32.0 Å². The first kappa shape index (κ1) is 12.0. The maximum absolute atomic E-state index is 10.5. The van der Waals surface area contributed by atoms with Gasteiger partial charge in [-0.2, -0.15) is 4.68 Å². The fraction of sp³-hybridized carbons (Fsp3) is 0.167. The minimum atomic E-state index is -1.04. The Kier molecular flexibility index (Phi) is 3.18. The van der Waals surface area contributed by atoms with Crippen molar-refractivity contribution in [1.82, 2.24) is 20.2 Å². The zero-order valence-corrected chi connectivity index (χ0v) is 10.0. The number of rotatable bonds is 3. The normalized spacial score (nSPS) is 11.0. The molecular formula is C12H12N4O2. The first-order valence-corrected chi connectivity index (χ1v) is 5.35. The summed E-state index contributed by atoms with van der Waals surface area (Å²) in [6.07, 6.45) is 2.37. The van der Waals surface area contributed by atoms with Crippen molar-refractivity contribution in [2.45, 2.75) is 13.8 Å². The Balaban J connectivity index is 2.48. The van der Waals surface area contributed by atoms with Crippen LogP contribution in [0.25, 0.3) is 11.8 Å². The molecule has 1 heterocycles. The van der Waals surface area contributed by atoms with E-state index in [0.29, 0.717) is 5.82 Å². The average molecular weight is 244 g/mol. The highest BCUT2D eigenvalue weighted by atomic mass is 16.4.